The molecule has 0 spiro atoms. The third-order valence-electron chi connectivity index (χ3n) is 3.09. The zero-order chi connectivity index (χ0) is 16.0. The summed E-state index contributed by atoms with van der Waals surface area (Å²) in [7, 11) is 1.15. The van der Waals surface area contributed by atoms with Crippen molar-refractivity contribution in [1.29, 1.82) is 0 Å². The number of piperidine rings is 1. The highest BCUT2D eigenvalue weighted by Crippen LogP contribution is 2.22. The van der Waals surface area contributed by atoms with Crippen LogP contribution in [-0.2, 0) is 19.0 Å². The Bertz CT molecular complexity index is 393. The minimum Gasteiger partial charge on any atom is -0.444 e. The first-order chi connectivity index (χ1) is 9.71. The third-order valence-corrected chi connectivity index (χ3v) is 3.09. The van der Waals surface area contributed by atoms with Gasteiger partial charge >= 0.3 is 18.2 Å². The summed E-state index contributed by atoms with van der Waals surface area (Å²) in [5.74, 6) is -0.501. The van der Waals surface area contributed by atoms with Crippen molar-refractivity contribution in [2.24, 2.45) is 5.92 Å². The zero-order valence-corrected chi connectivity index (χ0v) is 13.0. The van der Waals surface area contributed by atoms with Crippen LogP contribution in [0.4, 0.5) is 9.59 Å². The highest BCUT2D eigenvalue weighted by atomic mass is 16.7. The van der Waals surface area contributed by atoms with Crippen molar-refractivity contribution in [2.45, 2.75) is 45.6 Å². The fourth-order valence-electron chi connectivity index (χ4n) is 2.06. The molecular formula is C14H23NO6. The summed E-state index contributed by atoms with van der Waals surface area (Å²) in [6.45, 7) is 6.53. The SMILES string of the molecule is COC(=O)OC(=O)CC1CCN(C(=O)OC(C)(C)C)CC1. The molecule has 0 aromatic heterocycles. The van der Waals surface area contributed by atoms with Crippen LogP contribution in [0.25, 0.3) is 0 Å². The number of nitrogens with zero attached hydrogens (tertiary/aromatic N) is 1. The number of carbonyl (C=O) groups is 3. The lowest BCUT2D eigenvalue weighted by Crippen LogP contribution is -2.42. The molecule has 0 saturated carbocycles. The Morgan fingerprint density at radius 2 is 1.71 bits per heavy atom. The van der Waals surface area contributed by atoms with Gasteiger partial charge in [0, 0.05) is 19.5 Å². The van der Waals surface area contributed by atoms with Gasteiger partial charge in [0.05, 0.1) is 7.11 Å². The minimum absolute atomic E-state index is 0.0980. The number of hydrogen-bond acceptors (Lipinski definition) is 6. The van der Waals surface area contributed by atoms with Gasteiger partial charge in [0.1, 0.15) is 5.60 Å². The van der Waals surface area contributed by atoms with Crippen LogP contribution >= 0.6 is 0 Å². The van der Waals surface area contributed by atoms with E-state index in [0.29, 0.717) is 25.9 Å². The van der Waals surface area contributed by atoms with E-state index in [1.807, 2.05) is 20.8 Å². The quantitative estimate of drug-likeness (QED) is 0.575. The van der Waals surface area contributed by atoms with E-state index in [1.54, 1.807) is 4.90 Å². The van der Waals surface area contributed by atoms with E-state index in [1.165, 1.54) is 0 Å². The van der Waals surface area contributed by atoms with Crippen LogP contribution in [0.2, 0.25) is 0 Å². The number of ether oxygens (including phenoxy) is 3. The first-order valence-electron chi connectivity index (χ1n) is 6.98. The zero-order valence-electron chi connectivity index (χ0n) is 13.0. The Morgan fingerprint density at radius 1 is 1.14 bits per heavy atom. The van der Waals surface area contributed by atoms with Crippen molar-refractivity contribution >= 4 is 18.2 Å². The molecule has 1 saturated heterocycles. The Balaban J connectivity index is 2.34. The number of methoxy groups -OCH3 is 1. The molecule has 0 unspecified atom stereocenters. The molecule has 7 nitrogen and oxygen atoms in total. The van der Waals surface area contributed by atoms with Gasteiger partial charge in [-0.1, -0.05) is 0 Å². The van der Waals surface area contributed by atoms with Gasteiger partial charge in [-0.2, -0.15) is 0 Å². The standard InChI is InChI=1S/C14H23NO6/c1-14(2,3)21-12(17)15-7-5-10(6-8-15)9-11(16)20-13(18)19-4/h10H,5-9H2,1-4H3. The molecule has 1 amide bonds. The van der Waals surface area contributed by atoms with Crippen molar-refractivity contribution < 1.29 is 28.6 Å². The summed E-state index contributed by atoms with van der Waals surface area (Å²) in [6, 6.07) is 0. The fourth-order valence-corrected chi connectivity index (χ4v) is 2.06. The van der Waals surface area contributed by atoms with Gasteiger partial charge in [-0.25, -0.2) is 9.59 Å². The number of esters is 1. The van der Waals surface area contributed by atoms with E-state index in [2.05, 4.69) is 9.47 Å². The van der Waals surface area contributed by atoms with Crippen LogP contribution in [0.5, 0.6) is 0 Å². The van der Waals surface area contributed by atoms with Gasteiger partial charge in [-0.3, -0.25) is 4.79 Å². The van der Waals surface area contributed by atoms with Gasteiger partial charge in [0.25, 0.3) is 0 Å². The number of hydrogen-bond donors (Lipinski definition) is 0. The molecule has 0 N–H and O–H groups in total. The van der Waals surface area contributed by atoms with Crippen molar-refractivity contribution in [3.8, 4) is 0 Å². The largest absolute Gasteiger partial charge is 0.515 e. The lowest BCUT2D eigenvalue weighted by Gasteiger charge is -2.33. The second kappa shape index (κ2) is 7.28. The Kier molecular flexibility index (Phi) is 5.99. The average molecular weight is 301 g/mol. The van der Waals surface area contributed by atoms with Crippen LogP contribution in [0, 0.1) is 5.92 Å². The third kappa shape index (κ3) is 6.46. The molecule has 7 heteroatoms. The molecule has 0 bridgehead atoms. The van der Waals surface area contributed by atoms with Gasteiger partial charge in [-0.15, -0.1) is 0 Å². The summed E-state index contributed by atoms with van der Waals surface area (Å²) >= 11 is 0. The molecule has 0 atom stereocenters. The highest BCUT2D eigenvalue weighted by Gasteiger charge is 2.28. The van der Waals surface area contributed by atoms with Crippen LogP contribution in [0.3, 0.4) is 0 Å². The van der Waals surface area contributed by atoms with E-state index >= 15 is 0 Å². The molecule has 21 heavy (non-hydrogen) atoms. The molecule has 0 radical (unpaired) electrons. The van der Waals surface area contributed by atoms with E-state index in [4.69, 9.17) is 4.74 Å². The molecule has 0 aromatic rings. The monoisotopic (exact) mass is 301 g/mol. The maximum Gasteiger partial charge on any atom is 0.515 e. The van der Waals surface area contributed by atoms with Gasteiger partial charge < -0.3 is 19.1 Å². The van der Waals surface area contributed by atoms with E-state index < -0.39 is 17.7 Å². The molecule has 1 aliphatic heterocycles. The second-order valence-corrected chi connectivity index (χ2v) is 6.04. The molecule has 120 valence electrons. The van der Waals surface area contributed by atoms with Crippen LogP contribution in [-0.4, -0.2) is 48.9 Å². The average Bonchev–Trinajstić information content (AvgIpc) is 2.37. The molecule has 1 aliphatic rings. The highest BCUT2D eigenvalue weighted by molar-refractivity contribution is 5.81. The van der Waals surface area contributed by atoms with E-state index in [9.17, 15) is 14.4 Å². The summed E-state index contributed by atoms with van der Waals surface area (Å²) in [6.07, 6.45) is 0.173. The van der Waals surface area contributed by atoms with Crippen molar-refractivity contribution in [3.05, 3.63) is 0 Å². The number of likely N-dealkylation sites (tertiary alicyclic amines) is 1. The lowest BCUT2D eigenvalue weighted by atomic mass is 9.94. The summed E-state index contributed by atoms with van der Waals surface area (Å²) < 4.78 is 14.0. The van der Waals surface area contributed by atoms with Crippen molar-refractivity contribution in [1.82, 2.24) is 4.90 Å². The Morgan fingerprint density at radius 3 is 2.19 bits per heavy atom. The predicted octanol–water partition coefficient (Wildman–Crippen LogP) is 2.33. The summed E-state index contributed by atoms with van der Waals surface area (Å²) in [5, 5.41) is 0. The van der Waals surface area contributed by atoms with Crippen molar-refractivity contribution in [3.63, 3.8) is 0 Å². The first kappa shape index (κ1) is 17.3. The molecule has 0 aliphatic carbocycles. The second-order valence-electron chi connectivity index (χ2n) is 6.04. The lowest BCUT2D eigenvalue weighted by molar-refractivity contribution is -0.140. The van der Waals surface area contributed by atoms with Crippen LogP contribution in [0.1, 0.15) is 40.0 Å². The molecule has 1 heterocycles. The smallest absolute Gasteiger partial charge is 0.444 e. The maximum absolute atomic E-state index is 11.9. The van der Waals surface area contributed by atoms with Crippen LogP contribution < -0.4 is 0 Å². The predicted molar refractivity (Wildman–Crippen MR) is 73.6 cm³/mol. The van der Waals surface area contributed by atoms with Gasteiger partial charge in [0.15, 0.2) is 0 Å². The summed E-state index contributed by atoms with van der Waals surface area (Å²) in [4.78, 5) is 35.8. The van der Waals surface area contributed by atoms with E-state index in [0.717, 1.165) is 7.11 Å². The fraction of sp³-hybridized carbons (Fsp3) is 0.786. The first-order valence-corrected chi connectivity index (χ1v) is 6.98. The molecular weight excluding hydrogens is 278 g/mol. The maximum atomic E-state index is 11.9. The van der Waals surface area contributed by atoms with Crippen molar-refractivity contribution in [2.75, 3.05) is 20.2 Å². The minimum atomic E-state index is -0.994. The number of rotatable bonds is 2. The molecule has 1 fully saturated rings. The van der Waals surface area contributed by atoms with Gasteiger partial charge in [0.2, 0.25) is 0 Å². The number of carbonyl (C=O) groups excluding carboxylic acids is 3. The van der Waals surface area contributed by atoms with E-state index in [-0.39, 0.29) is 18.4 Å². The Hall–Kier alpha value is -1.79. The summed E-state index contributed by atoms with van der Waals surface area (Å²) in [5.41, 5.74) is -0.516. The number of amides is 1. The van der Waals surface area contributed by atoms with Gasteiger partial charge in [-0.05, 0) is 39.5 Å². The topological polar surface area (TPSA) is 82.1 Å². The Labute approximate surface area is 124 Å². The molecule has 0 aromatic carbocycles. The normalized spacial score (nSPS) is 16.3. The molecule has 1 rings (SSSR count). The van der Waals surface area contributed by atoms with Crippen LogP contribution in [0.15, 0.2) is 0 Å².